The Bertz CT molecular complexity index is 767. The van der Waals surface area contributed by atoms with Gasteiger partial charge in [-0.2, -0.15) is 0 Å². The van der Waals surface area contributed by atoms with Crippen LogP contribution in [0.2, 0.25) is 0 Å². The summed E-state index contributed by atoms with van der Waals surface area (Å²) in [6.45, 7) is 3.83. The molecule has 0 saturated carbocycles. The molecular weight excluding hydrogens is 316 g/mol. The molecule has 124 valence electrons. The number of hydrogen-bond donors (Lipinski definition) is 2. The van der Waals surface area contributed by atoms with Crippen LogP contribution in [-0.2, 0) is 27.1 Å². The van der Waals surface area contributed by atoms with Crippen LogP contribution in [0.3, 0.4) is 0 Å². The molecule has 0 aliphatic carbocycles. The van der Waals surface area contributed by atoms with Crippen LogP contribution in [0.15, 0.2) is 41.0 Å². The maximum atomic E-state index is 12.0. The molecule has 7 heteroatoms. The molecule has 0 spiro atoms. The predicted octanol–water partition coefficient (Wildman–Crippen LogP) is 1.63. The molecular formula is C16H20N2O4S. The molecule has 0 bridgehead atoms. The fourth-order valence-electron chi connectivity index (χ4n) is 2.00. The minimum atomic E-state index is -3.57. The van der Waals surface area contributed by atoms with Gasteiger partial charge in [0, 0.05) is 0 Å². The summed E-state index contributed by atoms with van der Waals surface area (Å²) in [6, 6.07) is 8.94. The molecule has 0 saturated heterocycles. The number of rotatable bonds is 7. The van der Waals surface area contributed by atoms with Crippen LogP contribution < -0.4 is 10.0 Å². The third kappa shape index (κ3) is 5.54. The van der Waals surface area contributed by atoms with Gasteiger partial charge in [0.05, 0.1) is 25.1 Å². The summed E-state index contributed by atoms with van der Waals surface area (Å²) in [4.78, 5) is 11.7. The molecule has 23 heavy (non-hydrogen) atoms. The maximum absolute atomic E-state index is 12.0. The van der Waals surface area contributed by atoms with E-state index in [4.69, 9.17) is 4.42 Å². The summed E-state index contributed by atoms with van der Waals surface area (Å²) in [7, 11) is -3.57. The molecule has 6 nitrogen and oxygen atoms in total. The Labute approximate surface area is 135 Å². The second-order valence-electron chi connectivity index (χ2n) is 5.35. The van der Waals surface area contributed by atoms with Gasteiger partial charge in [-0.3, -0.25) is 4.79 Å². The van der Waals surface area contributed by atoms with Crippen molar-refractivity contribution < 1.29 is 17.6 Å². The molecule has 2 rings (SSSR count). The van der Waals surface area contributed by atoms with Crippen molar-refractivity contribution in [2.24, 2.45) is 0 Å². The Morgan fingerprint density at radius 3 is 2.61 bits per heavy atom. The average Bonchev–Trinajstić information content (AvgIpc) is 3.00. The van der Waals surface area contributed by atoms with E-state index in [0.29, 0.717) is 11.3 Å². The molecule has 1 aromatic heterocycles. The number of amides is 1. The van der Waals surface area contributed by atoms with E-state index in [1.165, 1.54) is 6.26 Å². The summed E-state index contributed by atoms with van der Waals surface area (Å²) >= 11 is 0. The molecule has 0 radical (unpaired) electrons. The van der Waals surface area contributed by atoms with Crippen LogP contribution in [0.25, 0.3) is 0 Å². The molecule has 1 heterocycles. The van der Waals surface area contributed by atoms with Gasteiger partial charge in [0.1, 0.15) is 5.76 Å². The van der Waals surface area contributed by atoms with Crippen molar-refractivity contribution in [3.8, 4) is 0 Å². The first-order valence-electron chi connectivity index (χ1n) is 7.18. The highest BCUT2D eigenvalue weighted by atomic mass is 32.2. The Kier molecular flexibility index (Phi) is 5.57. The SMILES string of the molecule is Cc1ccc(CS(=O)(=O)NCC(=O)NCc2ccco2)cc1C. The van der Waals surface area contributed by atoms with E-state index < -0.39 is 15.9 Å². The van der Waals surface area contributed by atoms with Crippen molar-refractivity contribution in [1.82, 2.24) is 10.0 Å². The minimum absolute atomic E-state index is 0.153. The maximum Gasteiger partial charge on any atom is 0.235 e. The number of benzene rings is 1. The van der Waals surface area contributed by atoms with Crippen LogP contribution in [0.4, 0.5) is 0 Å². The normalized spacial score (nSPS) is 11.4. The van der Waals surface area contributed by atoms with Gasteiger partial charge < -0.3 is 9.73 Å². The summed E-state index contributed by atoms with van der Waals surface area (Å²) in [5, 5.41) is 2.58. The number of aryl methyl sites for hydroxylation is 2. The number of sulfonamides is 1. The number of carbonyl (C=O) groups excluding carboxylic acids is 1. The van der Waals surface area contributed by atoms with Gasteiger partial charge in [-0.1, -0.05) is 18.2 Å². The van der Waals surface area contributed by atoms with Crippen LogP contribution in [0.1, 0.15) is 22.5 Å². The van der Waals surface area contributed by atoms with Crippen molar-refractivity contribution >= 4 is 15.9 Å². The quantitative estimate of drug-likeness (QED) is 0.804. The zero-order valence-electron chi connectivity index (χ0n) is 13.1. The van der Waals surface area contributed by atoms with Gasteiger partial charge >= 0.3 is 0 Å². The van der Waals surface area contributed by atoms with Crippen molar-refractivity contribution in [2.75, 3.05) is 6.54 Å². The van der Waals surface area contributed by atoms with E-state index in [2.05, 4.69) is 10.0 Å². The lowest BCUT2D eigenvalue weighted by atomic mass is 10.1. The summed E-state index contributed by atoms with van der Waals surface area (Å²) in [5.41, 5.74) is 2.84. The molecule has 0 fully saturated rings. The summed E-state index contributed by atoms with van der Waals surface area (Å²) < 4.78 is 31.4. The van der Waals surface area contributed by atoms with E-state index in [9.17, 15) is 13.2 Å². The highest BCUT2D eigenvalue weighted by Crippen LogP contribution is 2.12. The Morgan fingerprint density at radius 2 is 1.96 bits per heavy atom. The van der Waals surface area contributed by atoms with E-state index in [0.717, 1.165) is 11.1 Å². The number of carbonyl (C=O) groups is 1. The molecule has 2 aromatic rings. The highest BCUT2D eigenvalue weighted by Gasteiger charge is 2.14. The fraction of sp³-hybridized carbons (Fsp3) is 0.312. The summed E-state index contributed by atoms with van der Waals surface area (Å²) in [5.74, 6) is 0.0425. The Balaban J connectivity index is 1.83. The first kappa shape index (κ1) is 17.2. The van der Waals surface area contributed by atoms with Gasteiger partial charge in [-0.25, -0.2) is 13.1 Å². The Hall–Kier alpha value is -2.12. The fourth-order valence-corrected chi connectivity index (χ4v) is 3.07. The van der Waals surface area contributed by atoms with Crippen molar-refractivity contribution in [3.05, 3.63) is 59.0 Å². The van der Waals surface area contributed by atoms with Gasteiger partial charge in [0.15, 0.2) is 0 Å². The van der Waals surface area contributed by atoms with Gasteiger partial charge in [0.2, 0.25) is 15.9 Å². The average molecular weight is 336 g/mol. The topological polar surface area (TPSA) is 88.4 Å². The van der Waals surface area contributed by atoms with Crippen molar-refractivity contribution in [2.45, 2.75) is 26.1 Å². The molecule has 0 aliphatic rings. The first-order chi connectivity index (χ1) is 10.9. The van der Waals surface area contributed by atoms with E-state index in [1.54, 1.807) is 18.2 Å². The lowest BCUT2D eigenvalue weighted by Gasteiger charge is -2.08. The minimum Gasteiger partial charge on any atom is -0.467 e. The second-order valence-corrected chi connectivity index (χ2v) is 7.16. The van der Waals surface area contributed by atoms with E-state index >= 15 is 0 Å². The number of furan rings is 1. The van der Waals surface area contributed by atoms with Crippen molar-refractivity contribution in [1.29, 1.82) is 0 Å². The number of nitrogens with one attached hydrogen (secondary N) is 2. The van der Waals surface area contributed by atoms with Crippen LogP contribution in [0, 0.1) is 13.8 Å². The Morgan fingerprint density at radius 1 is 1.17 bits per heavy atom. The molecule has 1 aromatic carbocycles. The van der Waals surface area contributed by atoms with Gasteiger partial charge in [-0.05, 0) is 42.7 Å². The predicted molar refractivity (Wildman–Crippen MR) is 87.1 cm³/mol. The molecule has 1 amide bonds. The second kappa shape index (κ2) is 7.43. The van der Waals surface area contributed by atoms with Crippen LogP contribution >= 0.6 is 0 Å². The van der Waals surface area contributed by atoms with Crippen LogP contribution in [0.5, 0.6) is 0 Å². The molecule has 2 N–H and O–H groups in total. The highest BCUT2D eigenvalue weighted by molar-refractivity contribution is 7.88. The van der Waals surface area contributed by atoms with Crippen LogP contribution in [-0.4, -0.2) is 20.9 Å². The van der Waals surface area contributed by atoms with Crippen molar-refractivity contribution in [3.63, 3.8) is 0 Å². The van der Waals surface area contributed by atoms with E-state index in [-0.39, 0.29) is 18.8 Å². The third-order valence-corrected chi connectivity index (χ3v) is 4.72. The number of hydrogen-bond acceptors (Lipinski definition) is 4. The van der Waals surface area contributed by atoms with Gasteiger partial charge in [-0.15, -0.1) is 0 Å². The molecule has 0 aliphatic heterocycles. The third-order valence-electron chi connectivity index (χ3n) is 3.42. The lowest BCUT2D eigenvalue weighted by Crippen LogP contribution is -2.37. The smallest absolute Gasteiger partial charge is 0.235 e. The van der Waals surface area contributed by atoms with E-state index in [1.807, 2.05) is 26.0 Å². The zero-order chi connectivity index (χ0) is 16.9. The molecule has 0 atom stereocenters. The zero-order valence-corrected chi connectivity index (χ0v) is 13.9. The standard InChI is InChI=1S/C16H20N2O4S/c1-12-5-6-14(8-13(12)2)11-23(20,21)18-10-16(19)17-9-15-4-3-7-22-15/h3-8,18H,9-11H2,1-2H3,(H,17,19). The monoisotopic (exact) mass is 336 g/mol. The molecule has 0 unspecified atom stereocenters. The lowest BCUT2D eigenvalue weighted by molar-refractivity contribution is -0.120. The summed E-state index contributed by atoms with van der Waals surface area (Å²) in [6.07, 6.45) is 1.51. The first-order valence-corrected chi connectivity index (χ1v) is 8.83. The van der Waals surface area contributed by atoms with Gasteiger partial charge in [0.25, 0.3) is 0 Å². The largest absolute Gasteiger partial charge is 0.467 e.